The monoisotopic (exact) mass is 268 g/mol. The SMILES string of the molecule is C#CCC(O)C1OC(C=C)(OC)C2OC(C)(C)OC12. The number of hydrogen-bond acceptors (Lipinski definition) is 5. The first-order valence-corrected chi connectivity index (χ1v) is 6.23. The standard InChI is InChI=1S/C14H20O5/c1-6-8-9(15)10-11-12(19-13(3,4)17-11)14(7-2,16-5)18-10/h1,7,9-12,15H,2,8H2,3-5H3. The molecular weight excluding hydrogens is 248 g/mol. The minimum Gasteiger partial charge on any atom is -0.389 e. The molecular formula is C14H20O5. The Balaban J connectivity index is 2.30. The Labute approximate surface area is 113 Å². The largest absolute Gasteiger partial charge is 0.389 e. The lowest BCUT2D eigenvalue weighted by atomic mass is 10.0. The second-order valence-electron chi connectivity index (χ2n) is 5.21. The second-order valence-corrected chi connectivity index (χ2v) is 5.21. The van der Waals surface area contributed by atoms with Gasteiger partial charge in [0.1, 0.15) is 18.3 Å². The van der Waals surface area contributed by atoms with Crippen molar-refractivity contribution in [3.8, 4) is 12.3 Å². The molecule has 0 aliphatic carbocycles. The van der Waals surface area contributed by atoms with Gasteiger partial charge in [-0.2, -0.15) is 0 Å². The molecule has 2 aliphatic rings. The number of rotatable bonds is 4. The normalized spacial score (nSPS) is 41.5. The van der Waals surface area contributed by atoms with E-state index >= 15 is 0 Å². The molecule has 5 heteroatoms. The van der Waals surface area contributed by atoms with Crippen molar-refractivity contribution in [2.45, 2.75) is 56.3 Å². The topological polar surface area (TPSA) is 57.2 Å². The van der Waals surface area contributed by atoms with Crippen LogP contribution in [0.2, 0.25) is 0 Å². The molecule has 2 saturated heterocycles. The molecule has 5 atom stereocenters. The van der Waals surface area contributed by atoms with Gasteiger partial charge in [-0.15, -0.1) is 12.3 Å². The van der Waals surface area contributed by atoms with Crippen LogP contribution >= 0.6 is 0 Å². The Bertz CT molecular complexity index is 399. The molecule has 0 saturated carbocycles. The zero-order chi connectivity index (χ0) is 14.3. The van der Waals surface area contributed by atoms with Gasteiger partial charge in [-0.05, 0) is 19.9 Å². The van der Waals surface area contributed by atoms with Gasteiger partial charge in [0.15, 0.2) is 5.79 Å². The number of aliphatic hydroxyl groups excluding tert-OH is 1. The summed E-state index contributed by atoms with van der Waals surface area (Å²) in [6.07, 6.45) is 4.55. The van der Waals surface area contributed by atoms with E-state index in [9.17, 15) is 5.11 Å². The highest BCUT2D eigenvalue weighted by Gasteiger charge is 2.63. The summed E-state index contributed by atoms with van der Waals surface area (Å²) in [5.41, 5.74) is 0. The van der Waals surface area contributed by atoms with Gasteiger partial charge in [-0.1, -0.05) is 6.58 Å². The predicted octanol–water partition coefficient (Wildman–Crippen LogP) is 0.818. The molecule has 106 valence electrons. The molecule has 0 aromatic carbocycles. The van der Waals surface area contributed by atoms with Crippen molar-refractivity contribution in [2.24, 2.45) is 0 Å². The summed E-state index contributed by atoms with van der Waals surface area (Å²) in [5.74, 6) is 0.525. The third kappa shape index (κ3) is 2.31. The average molecular weight is 268 g/mol. The van der Waals surface area contributed by atoms with E-state index in [1.54, 1.807) is 13.8 Å². The molecule has 5 nitrogen and oxygen atoms in total. The summed E-state index contributed by atoms with van der Waals surface area (Å²) in [4.78, 5) is 0. The summed E-state index contributed by atoms with van der Waals surface area (Å²) in [5, 5.41) is 10.1. The number of methoxy groups -OCH3 is 1. The smallest absolute Gasteiger partial charge is 0.217 e. The first-order chi connectivity index (χ1) is 8.89. The number of ether oxygens (including phenoxy) is 4. The van der Waals surface area contributed by atoms with Crippen LogP contribution in [0.15, 0.2) is 12.7 Å². The van der Waals surface area contributed by atoms with Gasteiger partial charge in [0.2, 0.25) is 5.79 Å². The van der Waals surface area contributed by atoms with Crippen molar-refractivity contribution in [2.75, 3.05) is 7.11 Å². The lowest BCUT2D eigenvalue weighted by Gasteiger charge is -2.31. The molecule has 0 aromatic heterocycles. The van der Waals surface area contributed by atoms with Crippen LogP contribution in [0.5, 0.6) is 0 Å². The van der Waals surface area contributed by atoms with Crippen LogP contribution in [0.4, 0.5) is 0 Å². The van der Waals surface area contributed by atoms with Crippen molar-refractivity contribution in [3.63, 3.8) is 0 Å². The molecule has 19 heavy (non-hydrogen) atoms. The summed E-state index contributed by atoms with van der Waals surface area (Å²) < 4.78 is 22.8. The summed E-state index contributed by atoms with van der Waals surface area (Å²) in [7, 11) is 1.50. The van der Waals surface area contributed by atoms with Gasteiger partial charge < -0.3 is 24.1 Å². The lowest BCUT2D eigenvalue weighted by molar-refractivity contribution is -0.270. The van der Waals surface area contributed by atoms with E-state index in [4.69, 9.17) is 25.4 Å². The van der Waals surface area contributed by atoms with Crippen molar-refractivity contribution in [1.29, 1.82) is 0 Å². The minimum atomic E-state index is -1.13. The van der Waals surface area contributed by atoms with E-state index in [0.717, 1.165) is 0 Å². The Morgan fingerprint density at radius 1 is 1.47 bits per heavy atom. The van der Waals surface area contributed by atoms with Crippen LogP contribution < -0.4 is 0 Å². The fourth-order valence-electron chi connectivity index (χ4n) is 2.63. The maximum absolute atomic E-state index is 10.1. The maximum atomic E-state index is 10.1. The molecule has 2 heterocycles. The number of hydrogen-bond donors (Lipinski definition) is 1. The van der Waals surface area contributed by atoms with Gasteiger partial charge in [-0.3, -0.25) is 0 Å². The first kappa shape index (κ1) is 14.5. The van der Waals surface area contributed by atoms with Crippen LogP contribution in [-0.4, -0.2) is 48.2 Å². The summed E-state index contributed by atoms with van der Waals surface area (Å²) in [6, 6.07) is 0. The molecule has 2 fully saturated rings. The molecule has 0 amide bonds. The van der Waals surface area contributed by atoms with Crippen LogP contribution in [-0.2, 0) is 18.9 Å². The molecule has 5 unspecified atom stereocenters. The van der Waals surface area contributed by atoms with Crippen molar-refractivity contribution in [3.05, 3.63) is 12.7 Å². The molecule has 0 radical (unpaired) electrons. The fraction of sp³-hybridized carbons (Fsp3) is 0.714. The molecule has 2 aliphatic heterocycles. The van der Waals surface area contributed by atoms with Crippen LogP contribution in [0.3, 0.4) is 0 Å². The third-order valence-corrected chi connectivity index (χ3v) is 3.48. The van der Waals surface area contributed by atoms with Gasteiger partial charge in [0.25, 0.3) is 0 Å². The van der Waals surface area contributed by atoms with Gasteiger partial charge in [0.05, 0.1) is 6.10 Å². The third-order valence-electron chi connectivity index (χ3n) is 3.48. The summed E-state index contributed by atoms with van der Waals surface area (Å²) >= 11 is 0. The van der Waals surface area contributed by atoms with Crippen molar-refractivity contribution >= 4 is 0 Å². The Morgan fingerprint density at radius 3 is 2.68 bits per heavy atom. The second kappa shape index (κ2) is 4.89. The fourth-order valence-corrected chi connectivity index (χ4v) is 2.63. The lowest BCUT2D eigenvalue weighted by Crippen LogP contribution is -2.43. The number of terminal acetylenes is 1. The Hall–Kier alpha value is -0.900. The highest BCUT2D eigenvalue weighted by atomic mass is 16.8. The van der Waals surface area contributed by atoms with Crippen molar-refractivity contribution < 1.29 is 24.1 Å². The number of aliphatic hydroxyl groups is 1. The Kier molecular flexibility index (Phi) is 3.74. The van der Waals surface area contributed by atoms with E-state index < -0.39 is 36.0 Å². The van der Waals surface area contributed by atoms with E-state index in [1.165, 1.54) is 13.2 Å². The maximum Gasteiger partial charge on any atom is 0.217 e. The zero-order valence-electron chi connectivity index (χ0n) is 11.5. The van der Waals surface area contributed by atoms with Gasteiger partial charge in [0, 0.05) is 13.5 Å². The van der Waals surface area contributed by atoms with E-state index in [-0.39, 0.29) is 6.42 Å². The van der Waals surface area contributed by atoms with Crippen LogP contribution in [0.1, 0.15) is 20.3 Å². The van der Waals surface area contributed by atoms with Gasteiger partial charge in [-0.25, -0.2) is 0 Å². The average Bonchev–Trinajstić information content (AvgIpc) is 2.81. The predicted molar refractivity (Wildman–Crippen MR) is 68.1 cm³/mol. The molecule has 0 spiro atoms. The quantitative estimate of drug-likeness (QED) is 0.604. The van der Waals surface area contributed by atoms with Crippen molar-refractivity contribution in [1.82, 2.24) is 0 Å². The highest BCUT2D eigenvalue weighted by Crippen LogP contribution is 2.46. The van der Waals surface area contributed by atoms with E-state index in [1.807, 2.05) is 0 Å². The summed E-state index contributed by atoms with van der Waals surface area (Å²) in [6.45, 7) is 7.34. The molecule has 0 aromatic rings. The molecule has 0 bridgehead atoms. The molecule has 2 rings (SSSR count). The van der Waals surface area contributed by atoms with E-state index in [2.05, 4.69) is 12.5 Å². The van der Waals surface area contributed by atoms with E-state index in [0.29, 0.717) is 0 Å². The molecule has 1 N–H and O–H groups in total. The zero-order valence-corrected chi connectivity index (χ0v) is 11.5. The van der Waals surface area contributed by atoms with Crippen LogP contribution in [0, 0.1) is 12.3 Å². The first-order valence-electron chi connectivity index (χ1n) is 6.23. The van der Waals surface area contributed by atoms with Gasteiger partial charge >= 0.3 is 0 Å². The highest BCUT2D eigenvalue weighted by molar-refractivity contribution is 5.12. The Morgan fingerprint density at radius 2 is 2.16 bits per heavy atom. The number of fused-ring (bicyclic) bond motifs is 1. The van der Waals surface area contributed by atoms with Crippen LogP contribution in [0.25, 0.3) is 0 Å². The minimum absolute atomic E-state index is 0.175.